The van der Waals surface area contributed by atoms with Crippen LogP contribution in [0.3, 0.4) is 0 Å². The molecule has 0 atom stereocenters. The Kier molecular flexibility index (Phi) is 4.76. The first-order valence-electron chi connectivity index (χ1n) is 6.96. The van der Waals surface area contributed by atoms with E-state index in [0.29, 0.717) is 6.04 Å². The molecule has 0 unspecified atom stereocenters. The number of nitrogens with zero attached hydrogens (tertiary/aromatic N) is 2. The molecule has 110 valence electrons. The fourth-order valence-corrected chi connectivity index (χ4v) is 2.60. The van der Waals surface area contributed by atoms with Crippen LogP contribution in [0.15, 0.2) is 18.2 Å². The highest BCUT2D eigenvalue weighted by Crippen LogP contribution is 2.22. The maximum atomic E-state index is 11.9. The first-order chi connectivity index (χ1) is 9.47. The molecule has 1 aromatic carbocycles. The summed E-state index contributed by atoms with van der Waals surface area (Å²) < 4.78 is 0. The summed E-state index contributed by atoms with van der Waals surface area (Å²) in [6.07, 6.45) is 1.93. The maximum absolute atomic E-state index is 11.9. The van der Waals surface area contributed by atoms with Crippen molar-refractivity contribution < 1.29 is 4.79 Å². The molecule has 1 aliphatic rings. The van der Waals surface area contributed by atoms with Crippen molar-refractivity contribution in [2.45, 2.75) is 25.8 Å². The monoisotopic (exact) mass is 295 g/mol. The van der Waals surface area contributed by atoms with E-state index in [1.165, 1.54) is 0 Å². The van der Waals surface area contributed by atoms with Gasteiger partial charge in [0.1, 0.15) is 0 Å². The zero-order chi connectivity index (χ0) is 14.7. The lowest BCUT2D eigenvalue weighted by Crippen LogP contribution is -2.46. The Morgan fingerprint density at radius 3 is 2.55 bits per heavy atom. The van der Waals surface area contributed by atoms with Crippen molar-refractivity contribution in [3.8, 4) is 0 Å². The number of carbonyl (C=O) groups excluding carboxylic acids is 1. The van der Waals surface area contributed by atoms with Gasteiger partial charge in [0.25, 0.3) is 0 Å². The number of urea groups is 1. The van der Waals surface area contributed by atoms with Crippen molar-refractivity contribution in [2.24, 2.45) is 0 Å². The minimum absolute atomic E-state index is 0.0989. The van der Waals surface area contributed by atoms with Crippen LogP contribution >= 0.6 is 11.6 Å². The lowest BCUT2D eigenvalue weighted by Gasteiger charge is -2.34. The van der Waals surface area contributed by atoms with Gasteiger partial charge in [-0.25, -0.2) is 4.79 Å². The van der Waals surface area contributed by atoms with E-state index in [-0.39, 0.29) is 6.03 Å². The van der Waals surface area contributed by atoms with E-state index in [9.17, 15) is 4.79 Å². The molecule has 2 amide bonds. The van der Waals surface area contributed by atoms with Gasteiger partial charge in [-0.15, -0.1) is 0 Å². The second kappa shape index (κ2) is 6.35. The predicted octanol–water partition coefficient (Wildman–Crippen LogP) is 3.21. The van der Waals surface area contributed by atoms with Crippen LogP contribution in [-0.4, -0.2) is 49.1 Å². The molecule has 1 saturated heterocycles. The number of nitrogens with one attached hydrogen (secondary N) is 1. The molecular formula is C15H22ClN3O. The number of amides is 2. The van der Waals surface area contributed by atoms with E-state index in [1.54, 1.807) is 19.0 Å². The molecule has 0 spiro atoms. The summed E-state index contributed by atoms with van der Waals surface area (Å²) in [5.74, 6) is 0. The first-order valence-corrected chi connectivity index (χ1v) is 7.34. The number of carbonyl (C=O) groups is 1. The smallest absolute Gasteiger partial charge is 0.319 e. The van der Waals surface area contributed by atoms with Crippen LogP contribution < -0.4 is 5.32 Å². The summed E-state index contributed by atoms with van der Waals surface area (Å²) in [5.41, 5.74) is 2.14. The van der Waals surface area contributed by atoms with Crippen molar-refractivity contribution in [1.29, 1.82) is 0 Å². The molecule has 1 heterocycles. The molecule has 1 aromatic rings. The van der Waals surface area contributed by atoms with E-state index >= 15 is 0 Å². The second-order valence-corrected chi connectivity index (χ2v) is 5.95. The third-order valence-electron chi connectivity index (χ3n) is 3.69. The number of anilines is 1. The third-order valence-corrected chi connectivity index (χ3v) is 4.10. The van der Waals surface area contributed by atoms with Crippen molar-refractivity contribution in [3.63, 3.8) is 0 Å². The molecule has 5 heteroatoms. The standard InChI is InChI=1S/C15H22ClN3O/c1-11-4-5-13(10-14(11)16)17-12-6-8-19(9-7-12)15(20)18(2)3/h4-5,10,12,17H,6-9H2,1-3H3. The van der Waals surface area contributed by atoms with Crippen LogP contribution in [0, 0.1) is 6.92 Å². The fourth-order valence-electron chi connectivity index (χ4n) is 2.42. The summed E-state index contributed by atoms with van der Waals surface area (Å²) in [4.78, 5) is 15.4. The van der Waals surface area contributed by atoms with E-state index in [2.05, 4.69) is 11.4 Å². The lowest BCUT2D eigenvalue weighted by atomic mass is 10.0. The van der Waals surface area contributed by atoms with Gasteiger partial charge in [0.15, 0.2) is 0 Å². The number of rotatable bonds is 2. The highest BCUT2D eigenvalue weighted by atomic mass is 35.5. The van der Waals surface area contributed by atoms with Crippen LogP contribution in [-0.2, 0) is 0 Å². The molecule has 1 N–H and O–H groups in total. The summed E-state index contributed by atoms with van der Waals surface area (Å²) in [7, 11) is 3.59. The van der Waals surface area contributed by atoms with Crippen molar-refractivity contribution in [2.75, 3.05) is 32.5 Å². The Balaban J connectivity index is 1.88. The topological polar surface area (TPSA) is 35.6 Å². The molecule has 1 aliphatic heterocycles. The molecule has 0 aromatic heterocycles. The SMILES string of the molecule is Cc1ccc(NC2CCN(C(=O)N(C)C)CC2)cc1Cl. The average molecular weight is 296 g/mol. The molecule has 2 rings (SSSR count). The zero-order valence-electron chi connectivity index (χ0n) is 12.3. The summed E-state index contributed by atoms with van der Waals surface area (Å²) in [5, 5.41) is 4.29. The molecule has 4 nitrogen and oxygen atoms in total. The quantitative estimate of drug-likeness (QED) is 0.909. The van der Waals surface area contributed by atoms with Gasteiger partial charge in [-0.2, -0.15) is 0 Å². The molecule has 1 fully saturated rings. The second-order valence-electron chi connectivity index (χ2n) is 5.55. The number of hydrogen-bond donors (Lipinski definition) is 1. The number of aryl methyl sites for hydroxylation is 1. The van der Waals surface area contributed by atoms with Crippen LogP contribution in [0.2, 0.25) is 5.02 Å². The molecule has 0 bridgehead atoms. The Morgan fingerprint density at radius 2 is 2.00 bits per heavy atom. The molecule has 0 radical (unpaired) electrons. The van der Waals surface area contributed by atoms with Gasteiger partial charge in [0.2, 0.25) is 0 Å². The summed E-state index contributed by atoms with van der Waals surface area (Å²) >= 11 is 6.13. The molecule has 20 heavy (non-hydrogen) atoms. The normalized spacial score (nSPS) is 16.1. The Morgan fingerprint density at radius 1 is 1.35 bits per heavy atom. The Labute approximate surface area is 125 Å². The minimum Gasteiger partial charge on any atom is -0.382 e. The average Bonchev–Trinajstić information content (AvgIpc) is 2.43. The number of likely N-dealkylation sites (tertiary alicyclic amines) is 1. The minimum atomic E-state index is 0.0989. The number of piperidine rings is 1. The number of halogens is 1. The first kappa shape index (κ1) is 15.0. The zero-order valence-corrected chi connectivity index (χ0v) is 13.1. The van der Waals surface area contributed by atoms with Gasteiger partial charge in [0.05, 0.1) is 0 Å². The van der Waals surface area contributed by atoms with Gasteiger partial charge in [-0.05, 0) is 37.5 Å². The van der Waals surface area contributed by atoms with Crippen LogP contribution in [0.1, 0.15) is 18.4 Å². The largest absolute Gasteiger partial charge is 0.382 e. The number of benzene rings is 1. The Hall–Kier alpha value is -1.42. The highest BCUT2D eigenvalue weighted by Gasteiger charge is 2.23. The molecule has 0 saturated carbocycles. The predicted molar refractivity (Wildman–Crippen MR) is 83.5 cm³/mol. The van der Waals surface area contributed by atoms with Crippen LogP contribution in [0.4, 0.5) is 10.5 Å². The summed E-state index contributed by atoms with van der Waals surface area (Å²) in [6.45, 7) is 3.60. The third kappa shape index (κ3) is 3.57. The van der Waals surface area contributed by atoms with E-state index in [0.717, 1.165) is 42.2 Å². The Bertz CT molecular complexity index is 482. The summed E-state index contributed by atoms with van der Waals surface area (Å²) in [6, 6.07) is 6.55. The van der Waals surface area contributed by atoms with Gasteiger partial charge in [-0.3, -0.25) is 0 Å². The fraction of sp³-hybridized carbons (Fsp3) is 0.533. The van der Waals surface area contributed by atoms with Gasteiger partial charge >= 0.3 is 6.03 Å². The van der Waals surface area contributed by atoms with Crippen LogP contribution in [0.5, 0.6) is 0 Å². The van der Waals surface area contributed by atoms with Gasteiger partial charge in [0, 0.05) is 43.9 Å². The van der Waals surface area contributed by atoms with E-state index in [1.807, 2.05) is 24.0 Å². The lowest BCUT2D eigenvalue weighted by molar-refractivity contribution is 0.158. The molecular weight excluding hydrogens is 274 g/mol. The van der Waals surface area contributed by atoms with E-state index < -0.39 is 0 Å². The maximum Gasteiger partial charge on any atom is 0.319 e. The number of hydrogen-bond acceptors (Lipinski definition) is 2. The highest BCUT2D eigenvalue weighted by molar-refractivity contribution is 6.31. The molecule has 0 aliphatic carbocycles. The van der Waals surface area contributed by atoms with Crippen molar-refractivity contribution >= 4 is 23.3 Å². The van der Waals surface area contributed by atoms with Crippen molar-refractivity contribution in [1.82, 2.24) is 9.80 Å². The van der Waals surface area contributed by atoms with E-state index in [4.69, 9.17) is 11.6 Å². The van der Waals surface area contributed by atoms with Crippen LogP contribution in [0.25, 0.3) is 0 Å². The van der Waals surface area contributed by atoms with Gasteiger partial charge in [-0.1, -0.05) is 17.7 Å². The van der Waals surface area contributed by atoms with Crippen molar-refractivity contribution in [3.05, 3.63) is 28.8 Å². The van der Waals surface area contributed by atoms with Gasteiger partial charge < -0.3 is 15.1 Å².